The normalized spacial score (nSPS) is 15.5. The molecule has 1 heterocycles. The number of amides is 1. The number of anilines is 1. The minimum Gasteiger partial charge on any atom is -0.351 e. The Morgan fingerprint density at radius 3 is 2.34 bits per heavy atom. The molecule has 1 fully saturated rings. The number of nitrogens with one attached hydrogen (secondary N) is 1. The highest BCUT2D eigenvalue weighted by Gasteiger charge is 2.20. The van der Waals surface area contributed by atoms with Crippen LogP contribution in [0.2, 0.25) is 10.0 Å². The van der Waals surface area contributed by atoms with Crippen molar-refractivity contribution in [3.05, 3.63) is 63.6 Å². The lowest BCUT2D eigenvalue weighted by atomic mass is 10.1. The Morgan fingerprint density at radius 1 is 1.06 bits per heavy atom. The predicted octanol–water partition coefficient (Wildman–Crippen LogP) is 2.94. The molecule has 3 rings (SSSR count). The molecule has 0 aromatic heterocycles. The standard InChI is InChI=1S/C22H28Cl2N4O3S/c1-26-12-14-27(15-13-26)11-10-25-22(29)17-6-8-19(9-7-17)28(32(2,30)31)16-18-4-3-5-20(23)21(18)24/h3-9H,10-16H2,1-2H3,(H,25,29). The lowest BCUT2D eigenvalue weighted by Gasteiger charge is -2.32. The van der Waals surface area contributed by atoms with Gasteiger partial charge in [-0.1, -0.05) is 35.3 Å². The van der Waals surface area contributed by atoms with Crippen LogP contribution >= 0.6 is 23.2 Å². The summed E-state index contributed by atoms with van der Waals surface area (Å²) in [6, 6.07) is 11.6. The number of nitrogens with zero attached hydrogens (tertiary/aromatic N) is 3. The van der Waals surface area contributed by atoms with Gasteiger partial charge in [-0.05, 0) is 42.9 Å². The van der Waals surface area contributed by atoms with Crippen molar-refractivity contribution in [3.63, 3.8) is 0 Å². The number of carbonyl (C=O) groups is 1. The summed E-state index contributed by atoms with van der Waals surface area (Å²) in [7, 11) is -1.48. The van der Waals surface area contributed by atoms with Gasteiger partial charge in [0.15, 0.2) is 0 Å². The van der Waals surface area contributed by atoms with Crippen molar-refractivity contribution in [3.8, 4) is 0 Å². The average molecular weight is 499 g/mol. The van der Waals surface area contributed by atoms with Crippen molar-refractivity contribution in [2.75, 3.05) is 56.9 Å². The number of hydrogen-bond donors (Lipinski definition) is 1. The summed E-state index contributed by atoms with van der Waals surface area (Å²) in [5.74, 6) is -0.186. The highest BCUT2D eigenvalue weighted by molar-refractivity contribution is 7.92. The highest BCUT2D eigenvalue weighted by atomic mass is 35.5. The first-order chi connectivity index (χ1) is 15.1. The van der Waals surface area contributed by atoms with Crippen molar-refractivity contribution in [1.82, 2.24) is 15.1 Å². The van der Waals surface area contributed by atoms with E-state index in [4.69, 9.17) is 23.2 Å². The summed E-state index contributed by atoms with van der Waals surface area (Å²) in [6.07, 6.45) is 1.13. The number of halogens is 2. The molecule has 1 amide bonds. The summed E-state index contributed by atoms with van der Waals surface area (Å²) in [5.41, 5.74) is 1.51. The lowest BCUT2D eigenvalue weighted by molar-refractivity contribution is 0.0941. The molecular weight excluding hydrogens is 471 g/mol. The molecule has 0 atom stereocenters. The van der Waals surface area contributed by atoms with E-state index in [0.717, 1.165) is 39.0 Å². The Kier molecular flexibility index (Phi) is 8.41. The molecule has 0 radical (unpaired) electrons. The van der Waals surface area contributed by atoms with Crippen molar-refractivity contribution in [2.45, 2.75) is 6.54 Å². The molecule has 10 heteroatoms. The lowest BCUT2D eigenvalue weighted by Crippen LogP contribution is -2.46. The molecule has 1 N–H and O–H groups in total. The van der Waals surface area contributed by atoms with Crippen LogP contribution in [-0.4, -0.2) is 76.7 Å². The molecule has 0 saturated carbocycles. The van der Waals surface area contributed by atoms with E-state index in [1.165, 1.54) is 4.31 Å². The zero-order valence-electron chi connectivity index (χ0n) is 18.2. The summed E-state index contributed by atoms with van der Waals surface area (Å²) < 4.78 is 26.1. The first kappa shape index (κ1) is 24.8. The number of benzene rings is 2. The number of sulfonamides is 1. The average Bonchev–Trinajstić information content (AvgIpc) is 2.75. The fourth-order valence-electron chi connectivity index (χ4n) is 3.51. The molecule has 0 bridgehead atoms. The molecule has 2 aromatic rings. The smallest absolute Gasteiger partial charge is 0.251 e. The van der Waals surface area contributed by atoms with Crippen LogP contribution in [0.25, 0.3) is 0 Å². The topological polar surface area (TPSA) is 73.0 Å². The van der Waals surface area contributed by atoms with Crippen LogP contribution in [0.15, 0.2) is 42.5 Å². The van der Waals surface area contributed by atoms with Crippen molar-refractivity contribution < 1.29 is 13.2 Å². The number of rotatable bonds is 8. The Bertz CT molecular complexity index is 1040. The minimum atomic E-state index is -3.59. The third-order valence-corrected chi connectivity index (χ3v) is 7.47. The molecular formula is C22H28Cl2N4O3S. The minimum absolute atomic E-state index is 0.0365. The van der Waals surface area contributed by atoms with Crippen molar-refractivity contribution in [1.29, 1.82) is 0 Å². The van der Waals surface area contributed by atoms with Gasteiger partial charge in [-0.3, -0.25) is 14.0 Å². The van der Waals surface area contributed by atoms with Crippen LogP contribution in [0.3, 0.4) is 0 Å². The second-order valence-electron chi connectivity index (χ2n) is 7.93. The molecule has 0 unspecified atom stereocenters. The Hall–Kier alpha value is -1.84. The van der Waals surface area contributed by atoms with Gasteiger partial charge < -0.3 is 10.2 Å². The third-order valence-electron chi connectivity index (χ3n) is 5.47. The van der Waals surface area contributed by atoms with E-state index < -0.39 is 10.0 Å². The van der Waals surface area contributed by atoms with Crippen LogP contribution in [0.4, 0.5) is 5.69 Å². The van der Waals surface area contributed by atoms with Crippen molar-refractivity contribution >= 4 is 44.8 Å². The molecule has 174 valence electrons. The van der Waals surface area contributed by atoms with E-state index in [0.29, 0.717) is 33.4 Å². The fourth-order valence-corrected chi connectivity index (χ4v) is 4.76. The molecule has 2 aromatic carbocycles. The number of likely N-dealkylation sites (N-methyl/N-ethyl adjacent to an activating group) is 1. The predicted molar refractivity (Wildman–Crippen MR) is 130 cm³/mol. The van der Waals surface area contributed by atoms with E-state index in [1.807, 2.05) is 0 Å². The van der Waals surface area contributed by atoms with Crippen molar-refractivity contribution in [2.24, 2.45) is 0 Å². The summed E-state index contributed by atoms with van der Waals surface area (Å²) in [4.78, 5) is 17.1. The van der Waals surface area contributed by atoms with Crippen LogP contribution in [0, 0.1) is 0 Å². The maximum atomic E-state index is 12.5. The maximum Gasteiger partial charge on any atom is 0.251 e. The molecule has 7 nitrogen and oxygen atoms in total. The van der Waals surface area contributed by atoms with Crippen LogP contribution < -0.4 is 9.62 Å². The SMILES string of the molecule is CN1CCN(CCNC(=O)c2ccc(N(Cc3cccc(Cl)c3Cl)S(C)(=O)=O)cc2)CC1. The number of hydrogen-bond acceptors (Lipinski definition) is 5. The fraction of sp³-hybridized carbons (Fsp3) is 0.409. The molecule has 0 spiro atoms. The largest absolute Gasteiger partial charge is 0.351 e. The van der Waals surface area contributed by atoms with E-state index in [9.17, 15) is 13.2 Å². The molecule has 0 aliphatic carbocycles. The van der Waals surface area contributed by atoms with Gasteiger partial charge in [-0.25, -0.2) is 8.42 Å². The summed E-state index contributed by atoms with van der Waals surface area (Å²) in [6.45, 7) is 5.47. The number of carbonyl (C=O) groups excluding carboxylic acids is 1. The van der Waals surface area contributed by atoms with E-state index in [1.54, 1.807) is 42.5 Å². The van der Waals surface area contributed by atoms with Crippen LogP contribution in [-0.2, 0) is 16.6 Å². The molecule has 1 aliphatic rings. The van der Waals surface area contributed by atoms with E-state index in [2.05, 4.69) is 22.2 Å². The van der Waals surface area contributed by atoms with Gasteiger partial charge in [0.25, 0.3) is 5.91 Å². The van der Waals surface area contributed by atoms with Crippen LogP contribution in [0.1, 0.15) is 15.9 Å². The maximum absolute atomic E-state index is 12.5. The quantitative estimate of drug-likeness (QED) is 0.605. The zero-order chi connectivity index (χ0) is 23.3. The van der Waals surface area contributed by atoms with Gasteiger partial charge in [0, 0.05) is 44.8 Å². The van der Waals surface area contributed by atoms with Gasteiger partial charge in [-0.15, -0.1) is 0 Å². The van der Waals surface area contributed by atoms with E-state index >= 15 is 0 Å². The third kappa shape index (κ3) is 6.59. The van der Waals surface area contributed by atoms with Gasteiger partial charge in [0.1, 0.15) is 0 Å². The Morgan fingerprint density at radius 2 is 1.72 bits per heavy atom. The first-order valence-electron chi connectivity index (χ1n) is 10.3. The summed E-state index contributed by atoms with van der Waals surface area (Å²) in [5, 5.41) is 3.61. The molecule has 32 heavy (non-hydrogen) atoms. The molecule has 1 aliphatic heterocycles. The van der Waals surface area contributed by atoms with Gasteiger partial charge in [-0.2, -0.15) is 0 Å². The van der Waals surface area contributed by atoms with Gasteiger partial charge >= 0.3 is 0 Å². The Labute approximate surface area is 199 Å². The number of piperazine rings is 1. The summed E-state index contributed by atoms with van der Waals surface area (Å²) >= 11 is 12.3. The van der Waals surface area contributed by atoms with Gasteiger partial charge in [0.2, 0.25) is 10.0 Å². The van der Waals surface area contributed by atoms with Crippen LogP contribution in [0.5, 0.6) is 0 Å². The monoisotopic (exact) mass is 498 g/mol. The first-order valence-corrected chi connectivity index (χ1v) is 13.0. The highest BCUT2D eigenvalue weighted by Crippen LogP contribution is 2.29. The Balaban J connectivity index is 1.64. The second kappa shape index (κ2) is 10.9. The van der Waals surface area contributed by atoms with E-state index in [-0.39, 0.29) is 12.5 Å². The molecule has 1 saturated heterocycles. The van der Waals surface area contributed by atoms with Gasteiger partial charge in [0.05, 0.1) is 28.5 Å². The second-order valence-corrected chi connectivity index (χ2v) is 10.6. The zero-order valence-corrected chi connectivity index (χ0v) is 20.6.